The Kier molecular flexibility index (Phi) is 7.90. The SMILES string of the molecule is CC(C)(C)OC(=O)N1CCC[C@H]1[C@@H](C(=O)N1C(=O)OC[C@H]1Cc1ccccc1)c1ccc(C(F)(F)F)c(F)c1. The van der Waals surface area contributed by atoms with Crippen LogP contribution in [0, 0.1) is 5.82 Å². The highest BCUT2D eigenvalue weighted by Gasteiger charge is 2.48. The second-order valence-electron chi connectivity index (χ2n) is 10.7. The topological polar surface area (TPSA) is 76.2 Å². The molecule has 2 aromatic rings. The van der Waals surface area contributed by atoms with E-state index >= 15 is 0 Å². The van der Waals surface area contributed by atoms with Crippen LogP contribution >= 0.6 is 0 Å². The number of carbonyl (C=O) groups is 3. The number of likely N-dealkylation sites (tertiary alicyclic amines) is 1. The maximum absolute atomic E-state index is 14.7. The maximum Gasteiger partial charge on any atom is 0.419 e. The number of nitrogens with zero attached hydrogens (tertiary/aromatic N) is 2. The van der Waals surface area contributed by atoms with Crippen molar-refractivity contribution in [2.45, 2.75) is 69.8 Å². The van der Waals surface area contributed by atoms with Crippen LogP contribution in [0.5, 0.6) is 0 Å². The minimum Gasteiger partial charge on any atom is -0.447 e. The van der Waals surface area contributed by atoms with Crippen LogP contribution in [-0.4, -0.2) is 58.7 Å². The van der Waals surface area contributed by atoms with Crippen LogP contribution in [0.25, 0.3) is 0 Å². The van der Waals surface area contributed by atoms with Gasteiger partial charge in [0.25, 0.3) is 0 Å². The van der Waals surface area contributed by atoms with Crippen molar-refractivity contribution in [1.82, 2.24) is 9.80 Å². The summed E-state index contributed by atoms with van der Waals surface area (Å²) in [5.74, 6) is -3.66. The third-order valence-corrected chi connectivity index (χ3v) is 6.75. The van der Waals surface area contributed by atoms with E-state index in [0.717, 1.165) is 16.5 Å². The van der Waals surface area contributed by atoms with Crippen LogP contribution in [0.2, 0.25) is 0 Å². The summed E-state index contributed by atoms with van der Waals surface area (Å²) in [6.45, 7) is 5.19. The molecule has 0 aromatic heterocycles. The number of carbonyl (C=O) groups excluding carboxylic acids is 3. The summed E-state index contributed by atoms with van der Waals surface area (Å²) in [5, 5.41) is 0. The fourth-order valence-electron chi connectivity index (χ4n) is 5.09. The number of amides is 3. The highest BCUT2D eigenvalue weighted by molar-refractivity contribution is 5.98. The number of benzene rings is 2. The third-order valence-electron chi connectivity index (χ3n) is 6.75. The third kappa shape index (κ3) is 6.34. The summed E-state index contributed by atoms with van der Waals surface area (Å²) in [7, 11) is 0. The van der Waals surface area contributed by atoms with Gasteiger partial charge in [0.2, 0.25) is 5.91 Å². The molecule has 2 fully saturated rings. The first-order valence-corrected chi connectivity index (χ1v) is 12.7. The second-order valence-corrected chi connectivity index (χ2v) is 10.7. The highest BCUT2D eigenvalue weighted by Crippen LogP contribution is 2.38. The Bertz CT molecular complexity index is 1230. The zero-order chi connectivity index (χ0) is 28.5. The monoisotopic (exact) mass is 550 g/mol. The summed E-state index contributed by atoms with van der Waals surface area (Å²) in [5.41, 5.74) is -1.56. The molecular weight excluding hydrogens is 520 g/mol. The van der Waals surface area contributed by atoms with Crippen LogP contribution in [0.1, 0.15) is 56.2 Å². The van der Waals surface area contributed by atoms with Gasteiger partial charge in [-0.3, -0.25) is 4.79 Å². The molecule has 0 spiro atoms. The first-order valence-electron chi connectivity index (χ1n) is 12.7. The normalized spacial score (nSPS) is 20.6. The molecule has 0 saturated carbocycles. The number of hydrogen-bond donors (Lipinski definition) is 0. The van der Waals surface area contributed by atoms with Gasteiger partial charge in [0.05, 0.1) is 23.6 Å². The number of hydrogen-bond acceptors (Lipinski definition) is 5. The van der Waals surface area contributed by atoms with E-state index in [2.05, 4.69) is 0 Å². The quantitative estimate of drug-likeness (QED) is 0.432. The second kappa shape index (κ2) is 10.9. The fraction of sp³-hybridized carbons (Fsp3) is 0.464. The van der Waals surface area contributed by atoms with E-state index in [1.54, 1.807) is 20.8 Å². The summed E-state index contributed by atoms with van der Waals surface area (Å²) in [6, 6.07) is 9.78. The van der Waals surface area contributed by atoms with Gasteiger partial charge in [0.1, 0.15) is 18.0 Å². The van der Waals surface area contributed by atoms with Gasteiger partial charge in [-0.1, -0.05) is 36.4 Å². The summed E-state index contributed by atoms with van der Waals surface area (Å²) >= 11 is 0. The molecule has 0 unspecified atom stereocenters. The predicted octanol–water partition coefficient (Wildman–Crippen LogP) is 5.92. The first-order chi connectivity index (χ1) is 18.3. The fourth-order valence-corrected chi connectivity index (χ4v) is 5.09. The Morgan fingerprint density at radius 3 is 2.41 bits per heavy atom. The molecule has 2 aliphatic rings. The Balaban J connectivity index is 1.74. The number of halogens is 4. The summed E-state index contributed by atoms with van der Waals surface area (Å²) in [6.07, 6.45) is -5.48. The predicted molar refractivity (Wildman–Crippen MR) is 132 cm³/mol. The summed E-state index contributed by atoms with van der Waals surface area (Å²) in [4.78, 5) is 42.2. The molecule has 0 aliphatic carbocycles. The van der Waals surface area contributed by atoms with E-state index in [9.17, 15) is 31.9 Å². The van der Waals surface area contributed by atoms with Crippen molar-refractivity contribution in [3.05, 3.63) is 71.0 Å². The van der Waals surface area contributed by atoms with Gasteiger partial charge in [-0.2, -0.15) is 13.2 Å². The minimum absolute atomic E-state index is 0.0754. The van der Waals surface area contributed by atoms with Crippen LogP contribution in [0.3, 0.4) is 0 Å². The molecule has 0 radical (unpaired) electrons. The molecule has 2 saturated heterocycles. The smallest absolute Gasteiger partial charge is 0.419 e. The van der Waals surface area contributed by atoms with Crippen molar-refractivity contribution in [1.29, 1.82) is 0 Å². The van der Waals surface area contributed by atoms with Gasteiger partial charge in [0.15, 0.2) is 0 Å². The molecule has 39 heavy (non-hydrogen) atoms. The van der Waals surface area contributed by atoms with Gasteiger partial charge in [-0.05, 0) is 63.3 Å². The van der Waals surface area contributed by atoms with Crippen molar-refractivity contribution >= 4 is 18.1 Å². The van der Waals surface area contributed by atoms with E-state index in [4.69, 9.17) is 9.47 Å². The zero-order valence-corrected chi connectivity index (χ0v) is 21.8. The highest BCUT2D eigenvalue weighted by atomic mass is 19.4. The average molecular weight is 551 g/mol. The lowest BCUT2D eigenvalue weighted by atomic mass is 9.87. The molecule has 7 nitrogen and oxygen atoms in total. The van der Waals surface area contributed by atoms with Gasteiger partial charge < -0.3 is 14.4 Å². The Morgan fingerprint density at radius 1 is 1.10 bits per heavy atom. The number of ether oxygens (including phenoxy) is 2. The molecular formula is C28H30F4N2O5. The molecule has 0 bridgehead atoms. The number of imide groups is 1. The van der Waals surface area contributed by atoms with Gasteiger partial charge in [-0.25, -0.2) is 18.9 Å². The average Bonchev–Trinajstić information content (AvgIpc) is 3.45. The van der Waals surface area contributed by atoms with Gasteiger partial charge >= 0.3 is 18.4 Å². The van der Waals surface area contributed by atoms with Crippen LogP contribution < -0.4 is 0 Å². The molecule has 3 atom stereocenters. The molecule has 2 aromatic carbocycles. The van der Waals surface area contributed by atoms with E-state index in [1.165, 1.54) is 4.90 Å². The molecule has 210 valence electrons. The Hall–Kier alpha value is -3.63. The molecule has 3 amide bonds. The number of cyclic esters (lactones) is 1. The standard InChI is InChI=1S/C28H30F4N2O5/c1-27(2,3)39-25(36)33-13-7-10-22(33)23(18-11-12-20(21(29)15-18)28(30,31)32)24(35)34-19(16-38-26(34)37)14-17-8-5-4-6-9-17/h4-6,8-9,11-12,15,19,22-23H,7,10,13-14,16H2,1-3H3/t19-,22+,23+/m1/s1. The van der Waals surface area contributed by atoms with Crippen LogP contribution in [-0.2, 0) is 26.9 Å². The summed E-state index contributed by atoms with van der Waals surface area (Å²) < 4.78 is 65.2. The van der Waals surface area contributed by atoms with Gasteiger partial charge in [-0.15, -0.1) is 0 Å². The van der Waals surface area contributed by atoms with Crippen LogP contribution in [0.15, 0.2) is 48.5 Å². The Morgan fingerprint density at radius 2 is 1.79 bits per heavy atom. The molecule has 4 rings (SSSR count). The lowest BCUT2D eigenvalue weighted by Gasteiger charge is -2.34. The van der Waals surface area contributed by atoms with Crippen LogP contribution in [0.4, 0.5) is 27.2 Å². The molecule has 2 heterocycles. The van der Waals surface area contributed by atoms with E-state index in [0.29, 0.717) is 25.0 Å². The molecule has 2 aliphatic heterocycles. The number of alkyl halides is 3. The molecule has 11 heteroatoms. The van der Waals surface area contributed by atoms with E-state index in [-0.39, 0.29) is 25.1 Å². The van der Waals surface area contributed by atoms with E-state index < -0.39 is 59.3 Å². The molecule has 0 N–H and O–H groups in total. The zero-order valence-electron chi connectivity index (χ0n) is 21.8. The largest absolute Gasteiger partial charge is 0.447 e. The lowest BCUT2D eigenvalue weighted by molar-refractivity contribution is -0.140. The Labute approximate surface area is 223 Å². The van der Waals surface area contributed by atoms with Crippen molar-refractivity contribution < 1.29 is 41.4 Å². The van der Waals surface area contributed by atoms with Crippen molar-refractivity contribution in [2.24, 2.45) is 0 Å². The lowest BCUT2D eigenvalue weighted by Crippen LogP contribution is -2.50. The van der Waals surface area contributed by atoms with Crippen molar-refractivity contribution in [3.63, 3.8) is 0 Å². The maximum atomic E-state index is 14.7. The van der Waals surface area contributed by atoms with Gasteiger partial charge in [0, 0.05) is 6.54 Å². The first kappa shape index (κ1) is 28.4. The van der Waals surface area contributed by atoms with E-state index in [1.807, 2.05) is 30.3 Å². The van der Waals surface area contributed by atoms with Crippen molar-refractivity contribution in [3.8, 4) is 0 Å². The minimum atomic E-state index is -4.93. The van der Waals surface area contributed by atoms with Crippen molar-refractivity contribution in [2.75, 3.05) is 13.2 Å². The number of rotatable bonds is 5.